The van der Waals surface area contributed by atoms with Gasteiger partial charge < -0.3 is 14.6 Å². The second-order valence-corrected chi connectivity index (χ2v) is 5.12. The number of rotatable bonds is 4. The molecular weight excluding hydrogens is 264 g/mol. The van der Waals surface area contributed by atoms with Gasteiger partial charge in [-0.3, -0.25) is 4.79 Å². The summed E-state index contributed by atoms with van der Waals surface area (Å²) in [5.74, 6) is -0.0426. The standard InChI is InChI=1S/C14H17ClN2O2/c1-10(9-18)16(2)14(19)8-17-6-5-11-3-4-12(15)7-13(11)17/h3-7,10,18H,8-9H2,1-2H3. The van der Waals surface area contributed by atoms with Gasteiger partial charge in [-0.15, -0.1) is 0 Å². The third-order valence-electron chi connectivity index (χ3n) is 3.36. The average molecular weight is 281 g/mol. The molecule has 0 radical (unpaired) electrons. The van der Waals surface area contributed by atoms with Crippen molar-refractivity contribution in [1.82, 2.24) is 9.47 Å². The lowest BCUT2D eigenvalue weighted by Gasteiger charge is -2.23. The Morgan fingerprint density at radius 1 is 1.47 bits per heavy atom. The van der Waals surface area contributed by atoms with E-state index in [1.165, 1.54) is 0 Å². The normalized spacial score (nSPS) is 12.6. The molecule has 0 aliphatic rings. The summed E-state index contributed by atoms with van der Waals surface area (Å²) in [5, 5.41) is 10.8. The second-order valence-electron chi connectivity index (χ2n) is 4.68. The Kier molecular flexibility index (Phi) is 4.12. The van der Waals surface area contributed by atoms with Gasteiger partial charge in [0.15, 0.2) is 0 Å². The van der Waals surface area contributed by atoms with Gasteiger partial charge in [-0.2, -0.15) is 0 Å². The minimum atomic E-state index is -0.182. The number of carbonyl (C=O) groups is 1. The topological polar surface area (TPSA) is 45.5 Å². The van der Waals surface area contributed by atoms with Crippen molar-refractivity contribution in [2.24, 2.45) is 0 Å². The van der Waals surface area contributed by atoms with Crippen LogP contribution in [0.5, 0.6) is 0 Å². The number of amides is 1. The van der Waals surface area contributed by atoms with E-state index >= 15 is 0 Å². The van der Waals surface area contributed by atoms with Crippen LogP contribution in [0.25, 0.3) is 10.9 Å². The van der Waals surface area contributed by atoms with Crippen molar-refractivity contribution in [1.29, 1.82) is 0 Å². The number of halogens is 1. The van der Waals surface area contributed by atoms with Crippen molar-refractivity contribution < 1.29 is 9.90 Å². The van der Waals surface area contributed by atoms with E-state index in [9.17, 15) is 4.79 Å². The van der Waals surface area contributed by atoms with E-state index in [1.54, 1.807) is 11.9 Å². The number of benzene rings is 1. The molecule has 102 valence electrons. The Labute approximate surface area is 117 Å². The fourth-order valence-corrected chi connectivity index (χ4v) is 2.09. The van der Waals surface area contributed by atoms with Crippen molar-refractivity contribution in [3.63, 3.8) is 0 Å². The second kappa shape index (κ2) is 5.63. The lowest BCUT2D eigenvalue weighted by molar-refractivity contribution is -0.132. The number of aromatic nitrogens is 1. The number of carbonyl (C=O) groups excluding carboxylic acids is 1. The van der Waals surface area contributed by atoms with Crippen LogP contribution in [-0.2, 0) is 11.3 Å². The molecule has 0 saturated heterocycles. The highest BCUT2D eigenvalue weighted by molar-refractivity contribution is 6.31. The monoisotopic (exact) mass is 280 g/mol. The largest absolute Gasteiger partial charge is 0.394 e. The molecule has 0 aliphatic carbocycles. The van der Waals surface area contributed by atoms with E-state index in [0.29, 0.717) is 5.02 Å². The minimum Gasteiger partial charge on any atom is -0.394 e. The van der Waals surface area contributed by atoms with Gasteiger partial charge in [0.05, 0.1) is 12.6 Å². The molecule has 0 saturated carbocycles. The molecule has 1 aromatic carbocycles. The zero-order valence-corrected chi connectivity index (χ0v) is 11.8. The van der Waals surface area contributed by atoms with Crippen LogP contribution in [0.2, 0.25) is 5.02 Å². The van der Waals surface area contributed by atoms with Gasteiger partial charge in [0.25, 0.3) is 0 Å². The molecule has 1 unspecified atom stereocenters. The van der Waals surface area contributed by atoms with E-state index in [0.717, 1.165) is 10.9 Å². The molecule has 1 heterocycles. The molecule has 1 atom stereocenters. The van der Waals surface area contributed by atoms with Crippen molar-refractivity contribution in [2.75, 3.05) is 13.7 Å². The minimum absolute atomic E-state index is 0.0412. The van der Waals surface area contributed by atoms with Crippen molar-refractivity contribution >= 4 is 28.4 Å². The fraction of sp³-hybridized carbons (Fsp3) is 0.357. The molecule has 1 N–H and O–H groups in total. The first-order chi connectivity index (χ1) is 9.02. The summed E-state index contributed by atoms with van der Waals surface area (Å²) in [6.07, 6.45) is 1.87. The van der Waals surface area contributed by atoms with Crippen LogP contribution in [0.1, 0.15) is 6.92 Å². The predicted octanol–water partition coefficient (Wildman–Crippen LogP) is 2.13. The number of fused-ring (bicyclic) bond motifs is 1. The van der Waals surface area contributed by atoms with Crippen molar-refractivity contribution in [2.45, 2.75) is 19.5 Å². The molecule has 19 heavy (non-hydrogen) atoms. The maximum atomic E-state index is 12.1. The van der Waals surface area contributed by atoms with Crippen LogP contribution in [-0.4, -0.2) is 40.2 Å². The zero-order chi connectivity index (χ0) is 14.0. The molecule has 1 amide bonds. The quantitative estimate of drug-likeness (QED) is 0.933. The Morgan fingerprint density at radius 3 is 2.89 bits per heavy atom. The molecular formula is C14H17ClN2O2. The first-order valence-corrected chi connectivity index (χ1v) is 6.51. The maximum absolute atomic E-state index is 12.1. The Hall–Kier alpha value is -1.52. The summed E-state index contributed by atoms with van der Waals surface area (Å²) in [4.78, 5) is 13.7. The molecule has 4 nitrogen and oxygen atoms in total. The van der Waals surface area contributed by atoms with Crippen LogP contribution in [0, 0.1) is 0 Å². The van der Waals surface area contributed by atoms with E-state index < -0.39 is 0 Å². The molecule has 2 rings (SSSR count). The lowest BCUT2D eigenvalue weighted by atomic mass is 10.2. The summed E-state index contributed by atoms with van der Waals surface area (Å²) in [6.45, 7) is 2.01. The number of hydrogen-bond acceptors (Lipinski definition) is 2. The van der Waals surface area contributed by atoms with Gasteiger partial charge in [0.1, 0.15) is 6.54 Å². The third-order valence-corrected chi connectivity index (χ3v) is 3.60. The number of hydrogen-bond donors (Lipinski definition) is 1. The van der Waals surface area contributed by atoms with Crippen LogP contribution in [0.15, 0.2) is 30.5 Å². The zero-order valence-electron chi connectivity index (χ0n) is 11.0. The summed E-state index contributed by atoms with van der Waals surface area (Å²) < 4.78 is 1.87. The predicted molar refractivity (Wildman–Crippen MR) is 76.3 cm³/mol. The Morgan fingerprint density at radius 2 is 2.21 bits per heavy atom. The average Bonchev–Trinajstić information content (AvgIpc) is 2.79. The van der Waals surface area contributed by atoms with E-state index in [1.807, 2.05) is 42.0 Å². The van der Waals surface area contributed by atoms with Gasteiger partial charge in [-0.05, 0) is 30.5 Å². The first kappa shape index (κ1) is 13.9. The molecule has 0 aliphatic heterocycles. The number of nitrogens with zero attached hydrogens (tertiary/aromatic N) is 2. The van der Waals surface area contributed by atoms with Gasteiger partial charge >= 0.3 is 0 Å². The van der Waals surface area contributed by atoms with E-state index in [2.05, 4.69) is 0 Å². The fourth-order valence-electron chi connectivity index (χ4n) is 1.92. The van der Waals surface area contributed by atoms with E-state index in [-0.39, 0.29) is 25.1 Å². The maximum Gasteiger partial charge on any atom is 0.242 e. The van der Waals surface area contributed by atoms with Gasteiger partial charge in [-0.25, -0.2) is 0 Å². The molecule has 5 heteroatoms. The number of aliphatic hydroxyl groups excluding tert-OH is 1. The summed E-state index contributed by atoms with van der Waals surface area (Å²) in [6, 6.07) is 7.38. The Bertz CT molecular complexity index is 594. The molecule has 1 aromatic heterocycles. The molecule has 2 aromatic rings. The van der Waals surface area contributed by atoms with Crippen LogP contribution < -0.4 is 0 Å². The van der Waals surface area contributed by atoms with Crippen molar-refractivity contribution in [3.05, 3.63) is 35.5 Å². The van der Waals surface area contributed by atoms with Crippen LogP contribution in [0.4, 0.5) is 0 Å². The highest BCUT2D eigenvalue weighted by atomic mass is 35.5. The summed E-state index contributed by atoms with van der Waals surface area (Å²) in [5.41, 5.74) is 0.936. The van der Waals surface area contributed by atoms with Crippen LogP contribution in [0.3, 0.4) is 0 Å². The highest BCUT2D eigenvalue weighted by Crippen LogP contribution is 2.20. The SMILES string of the molecule is CC(CO)N(C)C(=O)Cn1ccc2ccc(Cl)cc21. The third kappa shape index (κ3) is 2.91. The van der Waals surface area contributed by atoms with Crippen molar-refractivity contribution in [3.8, 4) is 0 Å². The molecule has 0 bridgehead atoms. The van der Waals surface area contributed by atoms with Crippen LogP contribution >= 0.6 is 11.6 Å². The first-order valence-electron chi connectivity index (χ1n) is 6.14. The van der Waals surface area contributed by atoms with Gasteiger partial charge in [0.2, 0.25) is 5.91 Å². The summed E-state index contributed by atoms with van der Waals surface area (Å²) in [7, 11) is 1.70. The van der Waals surface area contributed by atoms with E-state index in [4.69, 9.17) is 16.7 Å². The highest BCUT2D eigenvalue weighted by Gasteiger charge is 2.15. The summed E-state index contributed by atoms with van der Waals surface area (Å²) >= 11 is 5.98. The number of aliphatic hydroxyl groups is 1. The lowest BCUT2D eigenvalue weighted by Crippen LogP contribution is -2.39. The molecule has 0 spiro atoms. The number of likely N-dealkylation sites (N-methyl/N-ethyl adjacent to an activating group) is 1. The van der Waals surface area contributed by atoms with Gasteiger partial charge in [0, 0.05) is 23.8 Å². The Balaban J connectivity index is 2.22. The van der Waals surface area contributed by atoms with Gasteiger partial charge in [-0.1, -0.05) is 17.7 Å². The molecule has 0 fully saturated rings. The smallest absolute Gasteiger partial charge is 0.242 e.